The van der Waals surface area contributed by atoms with Crippen LogP contribution in [-0.4, -0.2) is 65.4 Å². The van der Waals surface area contributed by atoms with Gasteiger partial charge in [-0.3, -0.25) is 9.59 Å². The molecule has 1 aliphatic heterocycles. The Morgan fingerprint density at radius 3 is 2.84 bits per heavy atom. The zero-order valence-corrected chi connectivity index (χ0v) is 18.7. The van der Waals surface area contributed by atoms with Crippen LogP contribution in [-0.2, 0) is 16.0 Å². The summed E-state index contributed by atoms with van der Waals surface area (Å²) in [6, 6.07) is 5.76. The van der Waals surface area contributed by atoms with E-state index in [-0.39, 0.29) is 17.7 Å². The van der Waals surface area contributed by atoms with Crippen LogP contribution >= 0.6 is 0 Å². The molecule has 2 aromatic rings. The van der Waals surface area contributed by atoms with E-state index in [0.717, 1.165) is 29.2 Å². The summed E-state index contributed by atoms with van der Waals surface area (Å²) in [5.74, 6) is 2.52. The molecule has 1 aliphatic carbocycles. The number of methoxy groups -OCH3 is 1. The molecule has 7 heteroatoms. The summed E-state index contributed by atoms with van der Waals surface area (Å²) in [6.45, 7) is 2.00. The number of aromatic amines is 1. The number of hydrogen-bond donors (Lipinski definition) is 1. The number of ether oxygens (including phenoxy) is 1. The maximum atomic E-state index is 13.1. The number of aromatic nitrogens is 2. The molecule has 0 radical (unpaired) electrons. The van der Waals surface area contributed by atoms with Gasteiger partial charge >= 0.3 is 0 Å². The van der Waals surface area contributed by atoms with E-state index >= 15 is 0 Å². The Morgan fingerprint density at radius 1 is 1.26 bits per heavy atom. The molecular weight excluding hydrogens is 392 g/mol. The van der Waals surface area contributed by atoms with Crippen LogP contribution in [0, 0.1) is 11.8 Å². The molecule has 1 aromatic heterocycles. The summed E-state index contributed by atoms with van der Waals surface area (Å²) in [5, 5.41) is 0. The standard InChI is InChI=1S/C24H34N4O3/c1-27(13-12-22-25-20-10-9-19(31-2)14-21(20)26-22)24(30)18-8-11-23(29)28(16-18)15-17-6-4-3-5-7-17/h9-10,14,17-18H,3-8,11-13,15-16H2,1-2H3,(H,25,26). The number of carbonyl (C=O) groups excluding carboxylic acids is 2. The van der Waals surface area contributed by atoms with Gasteiger partial charge in [0.1, 0.15) is 11.6 Å². The van der Waals surface area contributed by atoms with E-state index in [1.54, 1.807) is 12.0 Å². The molecule has 7 nitrogen and oxygen atoms in total. The van der Waals surface area contributed by atoms with Crippen molar-refractivity contribution in [3.63, 3.8) is 0 Å². The number of fused-ring (bicyclic) bond motifs is 1. The quantitative estimate of drug-likeness (QED) is 0.736. The predicted octanol–water partition coefficient (Wildman–Crippen LogP) is 3.39. The first-order valence-electron chi connectivity index (χ1n) is 11.6. The van der Waals surface area contributed by atoms with Crippen LogP contribution in [0.2, 0.25) is 0 Å². The van der Waals surface area contributed by atoms with E-state index in [0.29, 0.717) is 38.3 Å². The summed E-state index contributed by atoms with van der Waals surface area (Å²) < 4.78 is 5.26. The van der Waals surface area contributed by atoms with Crippen molar-refractivity contribution in [1.82, 2.24) is 19.8 Å². The molecule has 1 atom stereocenters. The third-order valence-electron chi connectivity index (χ3n) is 6.85. The summed E-state index contributed by atoms with van der Waals surface area (Å²) in [5.41, 5.74) is 1.83. The van der Waals surface area contributed by atoms with Crippen molar-refractivity contribution in [3.05, 3.63) is 24.0 Å². The Kier molecular flexibility index (Phi) is 6.78. The van der Waals surface area contributed by atoms with Crippen LogP contribution in [0.5, 0.6) is 5.75 Å². The highest BCUT2D eigenvalue weighted by molar-refractivity contribution is 5.83. The Morgan fingerprint density at radius 2 is 2.06 bits per heavy atom. The molecule has 2 amide bonds. The van der Waals surface area contributed by atoms with Gasteiger partial charge in [0, 0.05) is 45.6 Å². The van der Waals surface area contributed by atoms with Crippen molar-refractivity contribution in [1.29, 1.82) is 0 Å². The third kappa shape index (κ3) is 5.20. The number of likely N-dealkylation sites (tertiary alicyclic amines) is 1. The van der Waals surface area contributed by atoms with Crippen molar-refractivity contribution < 1.29 is 14.3 Å². The zero-order chi connectivity index (χ0) is 21.8. The Hall–Kier alpha value is -2.57. The normalized spacial score (nSPS) is 20.3. The molecule has 1 saturated heterocycles. The lowest BCUT2D eigenvalue weighted by Gasteiger charge is -2.36. The molecule has 0 bridgehead atoms. The molecule has 1 aromatic carbocycles. The summed E-state index contributed by atoms with van der Waals surface area (Å²) >= 11 is 0. The lowest BCUT2D eigenvalue weighted by molar-refractivity contribution is -0.142. The molecule has 4 rings (SSSR count). The van der Waals surface area contributed by atoms with Crippen LogP contribution in [0.4, 0.5) is 0 Å². The number of nitrogens with one attached hydrogen (secondary N) is 1. The Balaban J connectivity index is 1.31. The average molecular weight is 427 g/mol. The van der Waals surface area contributed by atoms with Gasteiger partial charge in [-0.25, -0.2) is 4.98 Å². The van der Waals surface area contributed by atoms with Crippen molar-refractivity contribution in [2.24, 2.45) is 11.8 Å². The number of nitrogens with zero attached hydrogens (tertiary/aromatic N) is 3. The minimum Gasteiger partial charge on any atom is -0.497 e. The highest BCUT2D eigenvalue weighted by atomic mass is 16.5. The van der Waals surface area contributed by atoms with Gasteiger partial charge in [-0.1, -0.05) is 19.3 Å². The van der Waals surface area contributed by atoms with Gasteiger partial charge in [0.15, 0.2) is 0 Å². The Bertz CT molecular complexity index is 919. The van der Waals surface area contributed by atoms with E-state index in [9.17, 15) is 9.59 Å². The minimum atomic E-state index is -0.0915. The van der Waals surface area contributed by atoms with Crippen LogP contribution in [0.1, 0.15) is 50.8 Å². The molecular formula is C24H34N4O3. The van der Waals surface area contributed by atoms with Crippen molar-refractivity contribution in [2.75, 3.05) is 33.8 Å². The second-order valence-electron chi connectivity index (χ2n) is 9.11. The van der Waals surface area contributed by atoms with Gasteiger partial charge in [0.25, 0.3) is 0 Å². The van der Waals surface area contributed by atoms with Gasteiger partial charge < -0.3 is 19.5 Å². The van der Waals surface area contributed by atoms with E-state index in [1.807, 2.05) is 30.1 Å². The fraction of sp³-hybridized carbons (Fsp3) is 0.625. The van der Waals surface area contributed by atoms with Crippen molar-refractivity contribution >= 4 is 22.8 Å². The smallest absolute Gasteiger partial charge is 0.227 e. The first kappa shape index (κ1) is 21.7. The maximum Gasteiger partial charge on any atom is 0.227 e. The zero-order valence-electron chi connectivity index (χ0n) is 18.7. The van der Waals surface area contributed by atoms with Gasteiger partial charge in [-0.2, -0.15) is 0 Å². The monoisotopic (exact) mass is 426 g/mol. The average Bonchev–Trinajstić information content (AvgIpc) is 3.21. The lowest BCUT2D eigenvalue weighted by atomic mass is 9.87. The lowest BCUT2D eigenvalue weighted by Crippen LogP contribution is -2.48. The van der Waals surface area contributed by atoms with Crippen molar-refractivity contribution in [2.45, 2.75) is 51.4 Å². The maximum absolute atomic E-state index is 13.1. The van der Waals surface area contributed by atoms with Crippen LogP contribution in [0.3, 0.4) is 0 Å². The van der Waals surface area contributed by atoms with Crippen LogP contribution in [0.15, 0.2) is 18.2 Å². The summed E-state index contributed by atoms with van der Waals surface area (Å²) in [6.07, 6.45) is 8.10. The number of imidazole rings is 1. The van der Waals surface area contributed by atoms with E-state index in [4.69, 9.17) is 4.74 Å². The molecule has 1 unspecified atom stereocenters. The second-order valence-corrected chi connectivity index (χ2v) is 9.11. The predicted molar refractivity (Wildman–Crippen MR) is 120 cm³/mol. The van der Waals surface area contributed by atoms with E-state index in [2.05, 4.69) is 9.97 Å². The highest BCUT2D eigenvalue weighted by Crippen LogP contribution is 2.27. The first-order valence-corrected chi connectivity index (χ1v) is 11.6. The molecule has 31 heavy (non-hydrogen) atoms. The van der Waals surface area contributed by atoms with Crippen LogP contribution < -0.4 is 4.74 Å². The van der Waals surface area contributed by atoms with E-state index < -0.39 is 0 Å². The number of benzene rings is 1. The first-order chi connectivity index (χ1) is 15.0. The summed E-state index contributed by atoms with van der Waals surface area (Å²) in [7, 11) is 3.50. The second kappa shape index (κ2) is 9.71. The van der Waals surface area contributed by atoms with Gasteiger partial charge in [-0.05, 0) is 37.3 Å². The highest BCUT2D eigenvalue weighted by Gasteiger charge is 2.33. The fourth-order valence-electron chi connectivity index (χ4n) is 4.96. The summed E-state index contributed by atoms with van der Waals surface area (Å²) in [4.78, 5) is 37.2. The molecule has 1 N–H and O–H groups in total. The molecule has 2 aliphatic rings. The topological polar surface area (TPSA) is 78.5 Å². The van der Waals surface area contributed by atoms with Crippen LogP contribution in [0.25, 0.3) is 11.0 Å². The number of amides is 2. The molecule has 1 saturated carbocycles. The molecule has 168 valence electrons. The van der Waals surface area contributed by atoms with Gasteiger partial charge in [0.2, 0.25) is 11.8 Å². The number of hydrogen-bond acceptors (Lipinski definition) is 4. The minimum absolute atomic E-state index is 0.0915. The molecule has 2 fully saturated rings. The molecule has 2 heterocycles. The van der Waals surface area contributed by atoms with Gasteiger partial charge in [0.05, 0.1) is 24.1 Å². The number of H-pyrrole nitrogens is 1. The van der Waals surface area contributed by atoms with Crippen molar-refractivity contribution in [3.8, 4) is 5.75 Å². The number of piperidine rings is 1. The molecule has 0 spiro atoms. The fourth-order valence-corrected chi connectivity index (χ4v) is 4.96. The largest absolute Gasteiger partial charge is 0.497 e. The number of rotatable bonds is 7. The number of likely N-dealkylation sites (N-methyl/N-ethyl adjacent to an activating group) is 1. The Labute approximate surface area is 184 Å². The SMILES string of the molecule is COc1ccc2nc(CCN(C)C(=O)C3CCC(=O)N(CC4CCCCC4)C3)[nH]c2c1. The number of carbonyl (C=O) groups is 2. The van der Waals surface area contributed by atoms with Gasteiger partial charge in [-0.15, -0.1) is 0 Å². The van der Waals surface area contributed by atoms with E-state index in [1.165, 1.54) is 32.1 Å². The third-order valence-corrected chi connectivity index (χ3v) is 6.85.